The molecule has 0 saturated heterocycles. The minimum absolute atomic E-state index is 0.0366. The Hall–Kier alpha value is -1.81. The van der Waals surface area contributed by atoms with E-state index in [0.29, 0.717) is 6.42 Å². The van der Waals surface area contributed by atoms with Gasteiger partial charge in [-0.05, 0) is 52.5 Å². The molecule has 1 atom stereocenters. The van der Waals surface area contributed by atoms with Gasteiger partial charge in [-0.25, -0.2) is 0 Å². The second-order valence-corrected chi connectivity index (χ2v) is 6.02. The van der Waals surface area contributed by atoms with Crippen LogP contribution < -0.4 is 10.1 Å². The highest BCUT2D eigenvalue weighted by Crippen LogP contribution is 2.27. The van der Waals surface area contributed by atoms with E-state index in [1.165, 1.54) is 5.56 Å². The molecule has 2 aromatic rings. The summed E-state index contributed by atoms with van der Waals surface area (Å²) >= 11 is 3.47. The summed E-state index contributed by atoms with van der Waals surface area (Å²) in [5.41, 5.74) is 2.22. The Morgan fingerprint density at radius 1 is 1.23 bits per heavy atom. The predicted molar refractivity (Wildman–Crippen MR) is 92.0 cm³/mol. The molecule has 1 N–H and O–H groups in total. The summed E-state index contributed by atoms with van der Waals surface area (Å²) < 4.78 is 6.10. The third-order valence-corrected chi connectivity index (χ3v) is 4.16. The van der Waals surface area contributed by atoms with Crippen LogP contribution in [0.5, 0.6) is 5.75 Å². The van der Waals surface area contributed by atoms with Gasteiger partial charge in [-0.1, -0.05) is 36.4 Å². The lowest BCUT2D eigenvalue weighted by molar-refractivity contribution is -0.121. The molecule has 0 aromatic heterocycles. The Morgan fingerprint density at radius 3 is 2.59 bits per heavy atom. The Balaban J connectivity index is 1.89. The van der Waals surface area contributed by atoms with E-state index in [4.69, 9.17) is 4.74 Å². The summed E-state index contributed by atoms with van der Waals surface area (Å²) in [5.74, 6) is 0.842. The second-order valence-electron chi connectivity index (χ2n) is 5.17. The fourth-order valence-electron chi connectivity index (χ4n) is 2.25. The number of hydrogen-bond donors (Lipinski definition) is 1. The van der Waals surface area contributed by atoms with E-state index in [1.807, 2.05) is 55.5 Å². The molecule has 0 heterocycles. The van der Waals surface area contributed by atoms with E-state index in [9.17, 15) is 4.79 Å². The fraction of sp³-hybridized carbons (Fsp3) is 0.278. The first-order chi connectivity index (χ1) is 10.6. The lowest BCUT2D eigenvalue weighted by atomic mass is 10.1. The van der Waals surface area contributed by atoms with Crippen molar-refractivity contribution in [2.75, 3.05) is 7.11 Å². The van der Waals surface area contributed by atoms with Crippen LogP contribution in [0.2, 0.25) is 0 Å². The van der Waals surface area contributed by atoms with Crippen LogP contribution >= 0.6 is 15.9 Å². The number of rotatable bonds is 6. The monoisotopic (exact) mass is 361 g/mol. The van der Waals surface area contributed by atoms with Gasteiger partial charge in [0.25, 0.3) is 0 Å². The standard InChI is InChI=1S/C18H20BrNO2/c1-13(15-9-10-17(22-2)16(19)12-15)20-18(21)11-8-14-6-4-3-5-7-14/h3-7,9-10,12-13H,8,11H2,1-2H3,(H,20,21)/t13-/m0/s1. The van der Waals surface area contributed by atoms with E-state index in [0.717, 1.165) is 22.2 Å². The zero-order valence-corrected chi connectivity index (χ0v) is 14.4. The molecule has 2 aromatic carbocycles. The average Bonchev–Trinajstić information content (AvgIpc) is 2.53. The molecule has 0 bridgehead atoms. The van der Waals surface area contributed by atoms with E-state index < -0.39 is 0 Å². The zero-order valence-electron chi connectivity index (χ0n) is 12.8. The first-order valence-electron chi connectivity index (χ1n) is 7.27. The number of nitrogens with one attached hydrogen (secondary N) is 1. The first-order valence-corrected chi connectivity index (χ1v) is 8.06. The third kappa shape index (κ3) is 4.60. The van der Waals surface area contributed by atoms with E-state index in [-0.39, 0.29) is 11.9 Å². The number of carbonyl (C=O) groups excluding carboxylic acids is 1. The van der Waals surface area contributed by atoms with Gasteiger partial charge < -0.3 is 10.1 Å². The van der Waals surface area contributed by atoms with Crippen LogP contribution in [0, 0.1) is 0 Å². The molecule has 0 fully saturated rings. The van der Waals surface area contributed by atoms with Crippen molar-refractivity contribution in [3.8, 4) is 5.75 Å². The molecular formula is C18H20BrNO2. The molecule has 0 spiro atoms. The Labute approximate surface area is 139 Å². The van der Waals surface area contributed by atoms with Crippen molar-refractivity contribution in [3.05, 3.63) is 64.1 Å². The molecule has 0 aliphatic carbocycles. The van der Waals surface area contributed by atoms with Gasteiger partial charge in [0.2, 0.25) is 5.91 Å². The van der Waals surface area contributed by atoms with Crippen molar-refractivity contribution in [1.29, 1.82) is 0 Å². The van der Waals surface area contributed by atoms with Gasteiger partial charge in [0.1, 0.15) is 5.75 Å². The highest BCUT2D eigenvalue weighted by atomic mass is 79.9. The maximum absolute atomic E-state index is 12.1. The Morgan fingerprint density at radius 2 is 1.95 bits per heavy atom. The summed E-state index contributed by atoms with van der Waals surface area (Å²) in [6.45, 7) is 1.98. The van der Waals surface area contributed by atoms with Gasteiger partial charge in [-0.15, -0.1) is 0 Å². The zero-order chi connectivity index (χ0) is 15.9. The van der Waals surface area contributed by atoms with Crippen LogP contribution in [0.15, 0.2) is 53.0 Å². The summed E-state index contributed by atoms with van der Waals surface area (Å²) in [7, 11) is 1.63. The molecule has 0 unspecified atom stereocenters. The molecule has 0 radical (unpaired) electrons. The average molecular weight is 362 g/mol. The largest absolute Gasteiger partial charge is 0.496 e. The highest BCUT2D eigenvalue weighted by molar-refractivity contribution is 9.10. The first kappa shape index (κ1) is 16.6. The number of methoxy groups -OCH3 is 1. The lowest BCUT2D eigenvalue weighted by Crippen LogP contribution is -2.26. The Kier molecular flexibility index (Phi) is 6.01. The normalized spacial score (nSPS) is 11.8. The Bertz CT molecular complexity index is 628. The maximum atomic E-state index is 12.1. The number of halogens is 1. The highest BCUT2D eigenvalue weighted by Gasteiger charge is 2.11. The van der Waals surface area contributed by atoms with Crippen molar-refractivity contribution in [1.82, 2.24) is 5.32 Å². The van der Waals surface area contributed by atoms with Crippen LogP contribution in [-0.4, -0.2) is 13.0 Å². The minimum atomic E-state index is -0.0366. The van der Waals surface area contributed by atoms with Gasteiger partial charge in [-0.3, -0.25) is 4.79 Å². The molecule has 22 heavy (non-hydrogen) atoms. The fourth-order valence-corrected chi connectivity index (χ4v) is 2.81. The van der Waals surface area contributed by atoms with Crippen LogP contribution in [-0.2, 0) is 11.2 Å². The van der Waals surface area contributed by atoms with Gasteiger partial charge in [0.05, 0.1) is 17.6 Å². The van der Waals surface area contributed by atoms with Crippen molar-refractivity contribution in [3.63, 3.8) is 0 Å². The minimum Gasteiger partial charge on any atom is -0.496 e. The summed E-state index contributed by atoms with van der Waals surface area (Å²) in [6, 6.07) is 15.8. The van der Waals surface area contributed by atoms with Crippen molar-refractivity contribution in [2.45, 2.75) is 25.8 Å². The molecular weight excluding hydrogens is 342 g/mol. The van der Waals surface area contributed by atoms with E-state index in [1.54, 1.807) is 7.11 Å². The van der Waals surface area contributed by atoms with Gasteiger partial charge in [0.15, 0.2) is 0 Å². The molecule has 0 saturated carbocycles. The predicted octanol–water partition coefficient (Wildman–Crippen LogP) is 4.27. The number of amides is 1. The summed E-state index contributed by atoms with van der Waals surface area (Å²) in [6.07, 6.45) is 1.25. The molecule has 3 nitrogen and oxygen atoms in total. The van der Waals surface area contributed by atoms with E-state index >= 15 is 0 Å². The number of hydrogen-bond acceptors (Lipinski definition) is 2. The quantitative estimate of drug-likeness (QED) is 0.834. The van der Waals surface area contributed by atoms with Crippen molar-refractivity contribution < 1.29 is 9.53 Å². The molecule has 116 valence electrons. The number of benzene rings is 2. The lowest BCUT2D eigenvalue weighted by Gasteiger charge is -2.15. The molecule has 1 amide bonds. The van der Waals surface area contributed by atoms with Crippen molar-refractivity contribution in [2.24, 2.45) is 0 Å². The smallest absolute Gasteiger partial charge is 0.220 e. The number of carbonyl (C=O) groups is 1. The third-order valence-electron chi connectivity index (χ3n) is 3.54. The molecule has 0 aliphatic rings. The van der Waals surface area contributed by atoms with Crippen molar-refractivity contribution >= 4 is 21.8 Å². The van der Waals surface area contributed by atoms with Gasteiger partial charge >= 0.3 is 0 Å². The van der Waals surface area contributed by atoms with Gasteiger partial charge in [0, 0.05) is 6.42 Å². The number of ether oxygens (including phenoxy) is 1. The van der Waals surface area contributed by atoms with Gasteiger partial charge in [-0.2, -0.15) is 0 Å². The van der Waals surface area contributed by atoms with Crippen LogP contribution in [0.1, 0.15) is 30.5 Å². The SMILES string of the molecule is COc1ccc([C@H](C)NC(=O)CCc2ccccc2)cc1Br. The van der Waals surface area contributed by atoms with E-state index in [2.05, 4.69) is 21.2 Å². The second kappa shape index (κ2) is 7.99. The maximum Gasteiger partial charge on any atom is 0.220 e. The number of aryl methyl sites for hydroxylation is 1. The molecule has 4 heteroatoms. The topological polar surface area (TPSA) is 38.3 Å². The van der Waals surface area contributed by atoms with Crippen LogP contribution in [0.25, 0.3) is 0 Å². The molecule has 2 rings (SSSR count). The summed E-state index contributed by atoms with van der Waals surface area (Å²) in [4.78, 5) is 12.1. The molecule has 0 aliphatic heterocycles. The van der Waals surface area contributed by atoms with Crippen LogP contribution in [0.4, 0.5) is 0 Å². The van der Waals surface area contributed by atoms with Crippen LogP contribution in [0.3, 0.4) is 0 Å². The summed E-state index contributed by atoms with van der Waals surface area (Å²) in [5, 5.41) is 3.03.